The third-order valence-electron chi connectivity index (χ3n) is 10.6. The molecule has 3 aliphatic rings. The number of piperidine rings is 1. The van der Waals surface area contributed by atoms with Crippen LogP contribution < -0.4 is 4.90 Å². The van der Waals surface area contributed by atoms with E-state index >= 15 is 0 Å². The molecule has 1 atom stereocenters. The van der Waals surface area contributed by atoms with Gasteiger partial charge in [-0.1, -0.05) is 56.2 Å². The summed E-state index contributed by atoms with van der Waals surface area (Å²) in [7, 11) is -3.79. The van der Waals surface area contributed by atoms with Crippen LogP contribution in [-0.4, -0.2) is 107 Å². The summed E-state index contributed by atoms with van der Waals surface area (Å²) in [5.74, 6) is 0.984. The van der Waals surface area contributed by atoms with E-state index in [-0.39, 0.29) is 24.0 Å². The smallest absolute Gasteiger partial charge is 0.282 e. The summed E-state index contributed by atoms with van der Waals surface area (Å²) in [5, 5.41) is 0. The lowest BCUT2D eigenvalue weighted by Gasteiger charge is -2.39. The first-order chi connectivity index (χ1) is 22.9. The molecule has 266 valence electrons. The Morgan fingerprint density at radius 3 is 2.04 bits per heavy atom. The molecule has 2 aromatic rings. The standard InChI is InChI=1S/C37H57N5O4S2/c1-31-28-41(47(43,44)37-18-16-36(17-19-37)38(3)4)24-11-23-39(30-33-12-7-5-8-13-33)25-20-32(2)42(29-31)48(45,46)40-26-21-35(22-27-40)34-14-9-6-10-15-34/h6,9-10,14-19,32-33,35H,1,5,7-8,11-13,20-30H2,2-4H3. The third kappa shape index (κ3) is 9.28. The summed E-state index contributed by atoms with van der Waals surface area (Å²) in [5.41, 5.74) is 2.77. The van der Waals surface area contributed by atoms with Gasteiger partial charge in [-0.25, -0.2) is 8.42 Å². The van der Waals surface area contributed by atoms with E-state index in [4.69, 9.17) is 0 Å². The van der Waals surface area contributed by atoms with E-state index in [0.717, 1.165) is 44.6 Å². The second-order valence-electron chi connectivity index (χ2n) is 14.4. The maximum atomic E-state index is 14.4. The minimum Gasteiger partial charge on any atom is -0.378 e. The predicted molar refractivity (Wildman–Crippen MR) is 196 cm³/mol. The molecular weight excluding hydrogens is 643 g/mol. The average molecular weight is 700 g/mol. The SMILES string of the molecule is C=C1CN(S(=O)(=O)c2ccc(N(C)C)cc2)CCCN(CC2CCCCC2)CCC(C)N(S(=O)(=O)N2CCC(c3ccccc3)CC2)C1. The van der Waals surface area contributed by atoms with E-state index in [9.17, 15) is 16.8 Å². The van der Waals surface area contributed by atoms with Crippen LogP contribution in [0.3, 0.4) is 0 Å². The van der Waals surface area contributed by atoms with Crippen LogP contribution >= 0.6 is 0 Å². The van der Waals surface area contributed by atoms with Crippen molar-refractivity contribution in [1.82, 2.24) is 17.8 Å². The van der Waals surface area contributed by atoms with Crippen molar-refractivity contribution < 1.29 is 16.8 Å². The molecule has 0 bridgehead atoms. The molecule has 48 heavy (non-hydrogen) atoms. The first-order valence-corrected chi connectivity index (χ1v) is 20.8. The summed E-state index contributed by atoms with van der Waals surface area (Å²) >= 11 is 0. The summed E-state index contributed by atoms with van der Waals surface area (Å²) < 4.78 is 61.7. The van der Waals surface area contributed by atoms with Crippen molar-refractivity contribution in [3.05, 3.63) is 72.3 Å². The molecule has 5 rings (SSSR count). The quantitative estimate of drug-likeness (QED) is 0.325. The predicted octanol–water partition coefficient (Wildman–Crippen LogP) is 5.79. The second-order valence-corrected chi connectivity index (χ2v) is 18.2. The van der Waals surface area contributed by atoms with Crippen molar-refractivity contribution in [2.45, 2.75) is 81.6 Å². The highest BCUT2D eigenvalue weighted by molar-refractivity contribution is 7.89. The second kappa shape index (κ2) is 16.6. The molecule has 0 spiro atoms. The van der Waals surface area contributed by atoms with Crippen molar-refractivity contribution in [3.8, 4) is 0 Å². The van der Waals surface area contributed by atoms with E-state index in [0.29, 0.717) is 43.5 Å². The molecule has 1 saturated carbocycles. The minimum atomic E-state index is -3.83. The van der Waals surface area contributed by atoms with Gasteiger partial charge in [-0.2, -0.15) is 21.3 Å². The Morgan fingerprint density at radius 1 is 0.729 bits per heavy atom. The third-order valence-corrected chi connectivity index (χ3v) is 14.6. The van der Waals surface area contributed by atoms with Crippen molar-refractivity contribution in [3.63, 3.8) is 0 Å². The Balaban J connectivity index is 1.38. The molecule has 1 unspecified atom stereocenters. The van der Waals surface area contributed by atoms with E-state index in [1.165, 1.54) is 42.0 Å². The van der Waals surface area contributed by atoms with Crippen LogP contribution in [0.15, 0.2) is 71.6 Å². The van der Waals surface area contributed by atoms with Gasteiger partial charge in [0.1, 0.15) is 0 Å². The van der Waals surface area contributed by atoms with Crippen molar-refractivity contribution in [2.75, 3.05) is 71.4 Å². The van der Waals surface area contributed by atoms with Gasteiger partial charge in [0.2, 0.25) is 10.0 Å². The van der Waals surface area contributed by atoms with Gasteiger partial charge in [0.05, 0.1) is 4.90 Å². The molecule has 1 aliphatic carbocycles. The van der Waals surface area contributed by atoms with E-state index < -0.39 is 20.2 Å². The largest absolute Gasteiger partial charge is 0.378 e. The number of benzene rings is 2. The number of hydrogen-bond acceptors (Lipinski definition) is 6. The molecule has 2 aliphatic heterocycles. The van der Waals surface area contributed by atoms with Crippen LogP contribution in [0.25, 0.3) is 0 Å². The Morgan fingerprint density at radius 2 is 1.40 bits per heavy atom. The van der Waals surface area contributed by atoms with Crippen LogP contribution in [0.2, 0.25) is 0 Å². The molecule has 0 radical (unpaired) electrons. The first kappa shape index (κ1) is 37.0. The molecule has 2 saturated heterocycles. The lowest BCUT2D eigenvalue weighted by molar-refractivity contribution is 0.175. The van der Waals surface area contributed by atoms with E-state index in [2.05, 4.69) is 23.6 Å². The van der Waals surface area contributed by atoms with Crippen LogP contribution in [0.4, 0.5) is 5.69 Å². The fraction of sp³-hybridized carbons (Fsp3) is 0.622. The van der Waals surface area contributed by atoms with Crippen LogP contribution in [0.1, 0.15) is 76.2 Å². The first-order valence-electron chi connectivity index (χ1n) is 17.9. The number of nitrogens with zero attached hydrogens (tertiary/aromatic N) is 5. The monoisotopic (exact) mass is 699 g/mol. The minimum absolute atomic E-state index is 0.0786. The van der Waals surface area contributed by atoms with Gasteiger partial charge in [0.15, 0.2) is 0 Å². The Labute approximate surface area is 290 Å². The van der Waals surface area contributed by atoms with Gasteiger partial charge in [0, 0.05) is 65.1 Å². The molecule has 0 aromatic heterocycles. The van der Waals surface area contributed by atoms with Crippen molar-refractivity contribution in [1.29, 1.82) is 0 Å². The fourth-order valence-corrected chi connectivity index (χ4v) is 11.0. The molecule has 0 N–H and O–H groups in total. The van der Waals surface area contributed by atoms with Crippen LogP contribution in [-0.2, 0) is 20.2 Å². The Bertz CT molecular complexity index is 1540. The lowest BCUT2D eigenvalue weighted by atomic mass is 9.89. The summed E-state index contributed by atoms with van der Waals surface area (Å²) in [6.07, 6.45) is 9.28. The molecular formula is C37H57N5O4S2. The van der Waals surface area contributed by atoms with Crippen LogP contribution in [0, 0.1) is 5.92 Å². The van der Waals surface area contributed by atoms with Gasteiger partial charge < -0.3 is 9.80 Å². The number of sulfonamides is 1. The van der Waals surface area contributed by atoms with Crippen molar-refractivity contribution >= 4 is 25.9 Å². The zero-order valence-electron chi connectivity index (χ0n) is 29.3. The summed E-state index contributed by atoms with van der Waals surface area (Å²) in [6.45, 7) is 10.3. The van der Waals surface area contributed by atoms with Crippen molar-refractivity contribution in [2.24, 2.45) is 5.92 Å². The van der Waals surface area contributed by atoms with Gasteiger partial charge in [-0.05, 0) is 106 Å². The zero-order valence-corrected chi connectivity index (χ0v) is 31.0. The number of hydrogen-bond donors (Lipinski definition) is 0. The Hall–Kier alpha value is -2.28. The molecule has 9 nitrogen and oxygen atoms in total. The normalized spacial score (nSPS) is 23.4. The van der Waals surface area contributed by atoms with Gasteiger partial charge in [-0.3, -0.25) is 0 Å². The fourth-order valence-electron chi connectivity index (χ4n) is 7.64. The number of anilines is 1. The van der Waals surface area contributed by atoms with Gasteiger partial charge in [0.25, 0.3) is 10.2 Å². The molecule has 0 amide bonds. The molecule has 2 aromatic carbocycles. The zero-order chi connectivity index (χ0) is 34.3. The van der Waals surface area contributed by atoms with E-state index in [1.807, 2.05) is 56.3 Å². The summed E-state index contributed by atoms with van der Waals surface area (Å²) in [4.78, 5) is 4.65. The molecule has 3 fully saturated rings. The lowest BCUT2D eigenvalue weighted by Crippen LogP contribution is -2.52. The molecule has 11 heteroatoms. The van der Waals surface area contributed by atoms with Gasteiger partial charge >= 0.3 is 0 Å². The maximum Gasteiger partial charge on any atom is 0.282 e. The number of rotatable bonds is 8. The highest BCUT2D eigenvalue weighted by Crippen LogP contribution is 2.31. The highest BCUT2D eigenvalue weighted by Gasteiger charge is 2.37. The topological polar surface area (TPSA) is 84.5 Å². The average Bonchev–Trinajstić information content (AvgIpc) is 3.09. The highest BCUT2D eigenvalue weighted by atomic mass is 32.2. The van der Waals surface area contributed by atoms with Crippen LogP contribution in [0.5, 0.6) is 0 Å². The Kier molecular flexibility index (Phi) is 12.8. The van der Waals surface area contributed by atoms with Gasteiger partial charge in [-0.15, -0.1) is 0 Å². The van der Waals surface area contributed by atoms with E-state index in [1.54, 1.807) is 20.7 Å². The molecule has 2 heterocycles. The summed E-state index contributed by atoms with van der Waals surface area (Å²) in [6, 6.07) is 17.1. The maximum absolute atomic E-state index is 14.4.